The lowest BCUT2D eigenvalue weighted by Gasteiger charge is -2.11. The van der Waals surface area contributed by atoms with Crippen LogP contribution < -0.4 is 9.47 Å². The Kier molecular flexibility index (Phi) is 4.30. The van der Waals surface area contributed by atoms with Gasteiger partial charge in [-0.05, 0) is 18.9 Å². The zero-order valence-corrected chi connectivity index (χ0v) is 9.04. The van der Waals surface area contributed by atoms with Crippen LogP contribution in [-0.2, 0) is 0 Å². The van der Waals surface area contributed by atoms with E-state index >= 15 is 0 Å². The Labute approximate surface area is 85.8 Å². The molecule has 14 heavy (non-hydrogen) atoms. The van der Waals surface area contributed by atoms with Gasteiger partial charge in [0.15, 0.2) is 11.5 Å². The summed E-state index contributed by atoms with van der Waals surface area (Å²) in [5, 5.41) is 0. The maximum absolute atomic E-state index is 5.31. The number of methoxy groups -OCH3 is 2. The zero-order chi connectivity index (χ0) is 10.4. The van der Waals surface area contributed by atoms with Crippen LogP contribution in [-0.4, -0.2) is 14.2 Å². The second-order valence-electron chi connectivity index (χ2n) is 3.08. The van der Waals surface area contributed by atoms with Crippen LogP contribution >= 0.6 is 0 Å². The van der Waals surface area contributed by atoms with E-state index in [1.54, 1.807) is 14.2 Å². The van der Waals surface area contributed by atoms with Gasteiger partial charge in [0.05, 0.1) is 14.2 Å². The van der Waals surface area contributed by atoms with Crippen LogP contribution in [0, 0.1) is 6.42 Å². The van der Waals surface area contributed by atoms with Gasteiger partial charge in [-0.3, -0.25) is 0 Å². The number of unbranched alkanes of at least 4 members (excludes halogenated alkanes) is 1. The van der Waals surface area contributed by atoms with E-state index in [1.807, 2.05) is 18.2 Å². The Morgan fingerprint density at radius 2 is 2.00 bits per heavy atom. The van der Waals surface area contributed by atoms with Gasteiger partial charge in [0, 0.05) is 5.56 Å². The van der Waals surface area contributed by atoms with Crippen LogP contribution in [0.25, 0.3) is 0 Å². The highest BCUT2D eigenvalue weighted by atomic mass is 16.5. The molecule has 1 aromatic rings. The summed E-state index contributed by atoms with van der Waals surface area (Å²) in [5.74, 6) is 1.61. The molecule has 0 aliphatic heterocycles. The van der Waals surface area contributed by atoms with Gasteiger partial charge in [-0.15, -0.1) is 0 Å². The highest BCUT2D eigenvalue weighted by molar-refractivity contribution is 5.49. The number of benzene rings is 1. The molecule has 0 amide bonds. The molecule has 1 rings (SSSR count). The SMILES string of the molecule is CCC[CH]c1cccc(OC)c1OC. The number of para-hydroxylation sites is 1. The van der Waals surface area contributed by atoms with Gasteiger partial charge in [-0.1, -0.05) is 25.5 Å². The molecule has 0 aliphatic carbocycles. The fourth-order valence-electron chi connectivity index (χ4n) is 1.37. The molecular formula is C12H17O2. The smallest absolute Gasteiger partial charge is 0.164 e. The van der Waals surface area contributed by atoms with Gasteiger partial charge < -0.3 is 9.47 Å². The lowest BCUT2D eigenvalue weighted by molar-refractivity contribution is 0.353. The van der Waals surface area contributed by atoms with Crippen molar-refractivity contribution in [3.8, 4) is 11.5 Å². The van der Waals surface area contributed by atoms with E-state index in [9.17, 15) is 0 Å². The van der Waals surface area contributed by atoms with Crippen LogP contribution in [0.1, 0.15) is 25.3 Å². The summed E-state index contributed by atoms with van der Waals surface area (Å²) in [4.78, 5) is 0. The Hall–Kier alpha value is -1.18. The third-order valence-corrected chi connectivity index (χ3v) is 2.09. The molecule has 2 heteroatoms. The van der Waals surface area contributed by atoms with Crippen LogP contribution in [0.4, 0.5) is 0 Å². The van der Waals surface area contributed by atoms with Gasteiger partial charge in [-0.2, -0.15) is 0 Å². The minimum absolute atomic E-state index is 0.789. The predicted octanol–water partition coefficient (Wildman–Crippen LogP) is 3.06. The highest BCUT2D eigenvalue weighted by Gasteiger charge is 2.08. The van der Waals surface area contributed by atoms with Crippen LogP contribution in [0.3, 0.4) is 0 Å². The van der Waals surface area contributed by atoms with E-state index in [1.165, 1.54) is 0 Å². The van der Waals surface area contributed by atoms with E-state index < -0.39 is 0 Å². The van der Waals surface area contributed by atoms with Crippen LogP contribution in [0.15, 0.2) is 18.2 Å². The van der Waals surface area contributed by atoms with Crippen molar-refractivity contribution < 1.29 is 9.47 Å². The first-order chi connectivity index (χ1) is 6.83. The van der Waals surface area contributed by atoms with Gasteiger partial charge in [-0.25, -0.2) is 0 Å². The summed E-state index contributed by atoms with van der Waals surface area (Å²) in [6.45, 7) is 2.16. The summed E-state index contributed by atoms with van der Waals surface area (Å²) < 4.78 is 10.5. The van der Waals surface area contributed by atoms with Crippen LogP contribution in [0.2, 0.25) is 0 Å². The number of ether oxygens (including phenoxy) is 2. The fourth-order valence-corrected chi connectivity index (χ4v) is 1.37. The molecular weight excluding hydrogens is 176 g/mol. The molecule has 2 nitrogen and oxygen atoms in total. The topological polar surface area (TPSA) is 18.5 Å². The number of rotatable bonds is 5. The average Bonchev–Trinajstić information content (AvgIpc) is 2.25. The third kappa shape index (κ3) is 2.41. The summed E-state index contributed by atoms with van der Waals surface area (Å²) in [6.07, 6.45) is 4.37. The predicted molar refractivity (Wildman–Crippen MR) is 57.9 cm³/mol. The first-order valence-corrected chi connectivity index (χ1v) is 4.87. The first kappa shape index (κ1) is 10.9. The largest absolute Gasteiger partial charge is 0.493 e. The maximum Gasteiger partial charge on any atom is 0.164 e. The average molecular weight is 193 g/mol. The molecule has 1 aromatic carbocycles. The molecule has 0 fully saturated rings. The van der Waals surface area contributed by atoms with Gasteiger partial charge in [0.2, 0.25) is 0 Å². The molecule has 77 valence electrons. The van der Waals surface area contributed by atoms with E-state index in [-0.39, 0.29) is 0 Å². The van der Waals surface area contributed by atoms with Crippen molar-refractivity contribution in [2.24, 2.45) is 0 Å². The zero-order valence-electron chi connectivity index (χ0n) is 9.04. The second-order valence-corrected chi connectivity index (χ2v) is 3.08. The lowest BCUT2D eigenvalue weighted by Crippen LogP contribution is -1.94. The minimum Gasteiger partial charge on any atom is -0.493 e. The van der Waals surface area contributed by atoms with Gasteiger partial charge >= 0.3 is 0 Å². The molecule has 0 aliphatic rings. The van der Waals surface area contributed by atoms with Crippen molar-refractivity contribution in [3.63, 3.8) is 0 Å². The van der Waals surface area contributed by atoms with Crippen molar-refractivity contribution in [1.29, 1.82) is 0 Å². The Morgan fingerprint density at radius 1 is 1.21 bits per heavy atom. The quantitative estimate of drug-likeness (QED) is 0.715. The molecule has 0 unspecified atom stereocenters. The first-order valence-electron chi connectivity index (χ1n) is 4.87. The summed E-state index contributed by atoms with van der Waals surface area (Å²) in [7, 11) is 3.32. The Morgan fingerprint density at radius 3 is 2.57 bits per heavy atom. The molecule has 0 saturated heterocycles. The van der Waals surface area contributed by atoms with Crippen molar-refractivity contribution in [2.75, 3.05) is 14.2 Å². The van der Waals surface area contributed by atoms with Crippen molar-refractivity contribution in [2.45, 2.75) is 19.8 Å². The van der Waals surface area contributed by atoms with Gasteiger partial charge in [0.25, 0.3) is 0 Å². The molecule has 0 N–H and O–H groups in total. The standard InChI is InChI=1S/C12H17O2/c1-4-5-7-10-8-6-9-11(13-2)12(10)14-3/h6-9H,4-5H2,1-3H3. The number of hydrogen-bond donors (Lipinski definition) is 0. The normalized spacial score (nSPS) is 9.93. The molecule has 0 spiro atoms. The van der Waals surface area contributed by atoms with E-state index in [0.717, 1.165) is 29.9 Å². The summed E-state index contributed by atoms with van der Waals surface area (Å²) >= 11 is 0. The van der Waals surface area contributed by atoms with Crippen molar-refractivity contribution >= 4 is 0 Å². The lowest BCUT2D eigenvalue weighted by atomic mass is 10.1. The molecule has 0 atom stereocenters. The summed E-state index contributed by atoms with van der Waals surface area (Å²) in [5.41, 5.74) is 1.11. The third-order valence-electron chi connectivity index (χ3n) is 2.09. The van der Waals surface area contributed by atoms with Crippen molar-refractivity contribution in [3.05, 3.63) is 30.2 Å². The summed E-state index contributed by atoms with van der Waals surface area (Å²) in [6, 6.07) is 5.92. The maximum atomic E-state index is 5.31. The van der Waals surface area contributed by atoms with E-state index in [4.69, 9.17) is 9.47 Å². The van der Waals surface area contributed by atoms with Crippen LogP contribution in [0.5, 0.6) is 11.5 Å². The molecule has 0 bridgehead atoms. The minimum atomic E-state index is 0.789. The Balaban J connectivity index is 2.90. The molecule has 0 saturated carbocycles. The van der Waals surface area contributed by atoms with E-state index in [0.29, 0.717) is 0 Å². The fraction of sp³-hybridized carbons (Fsp3) is 0.417. The second kappa shape index (κ2) is 5.53. The number of hydrogen-bond acceptors (Lipinski definition) is 2. The van der Waals surface area contributed by atoms with Gasteiger partial charge in [0.1, 0.15) is 0 Å². The monoisotopic (exact) mass is 193 g/mol. The molecule has 0 aromatic heterocycles. The Bertz CT molecular complexity index is 282. The highest BCUT2D eigenvalue weighted by Crippen LogP contribution is 2.32. The van der Waals surface area contributed by atoms with E-state index in [2.05, 4.69) is 13.3 Å². The molecule has 0 heterocycles. The molecule has 1 radical (unpaired) electrons. The van der Waals surface area contributed by atoms with Crippen molar-refractivity contribution in [1.82, 2.24) is 0 Å².